The molecule has 0 radical (unpaired) electrons. The molecule has 2 aromatic carbocycles. The average Bonchev–Trinajstić information content (AvgIpc) is 2.76. The zero-order valence-electron chi connectivity index (χ0n) is 17.1. The Morgan fingerprint density at radius 2 is 1.87 bits per heavy atom. The van der Waals surface area contributed by atoms with Gasteiger partial charge in [0, 0.05) is 0 Å². The van der Waals surface area contributed by atoms with E-state index in [9.17, 15) is 14.4 Å². The third-order valence-electron chi connectivity index (χ3n) is 4.61. The number of ether oxygens (including phenoxy) is 2. The van der Waals surface area contributed by atoms with Crippen molar-refractivity contribution in [2.24, 2.45) is 0 Å². The number of hydrogen-bond acceptors (Lipinski definition) is 5. The molecule has 3 rings (SSSR count). The second-order valence-corrected chi connectivity index (χ2v) is 7.47. The monoisotopic (exact) mass is 484 g/mol. The normalized spacial score (nSPS) is 15.1. The van der Waals surface area contributed by atoms with Gasteiger partial charge in [0.05, 0.1) is 17.3 Å². The lowest BCUT2D eigenvalue weighted by Crippen LogP contribution is -2.54. The fraction of sp³-hybridized carbons (Fsp3) is 0.174. The van der Waals surface area contributed by atoms with Gasteiger partial charge in [0.2, 0.25) is 0 Å². The first-order valence-electron chi connectivity index (χ1n) is 9.51. The maximum atomic E-state index is 13.1. The van der Waals surface area contributed by atoms with Crippen molar-refractivity contribution in [3.05, 3.63) is 70.2 Å². The van der Waals surface area contributed by atoms with Crippen LogP contribution in [-0.4, -0.2) is 31.6 Å². The van der Waals surface area contributed by atoms with Gasteiger partial charge < -0.3 is 9.47 Å². The predicted octanol–water partition coefficient (Wildman–Crippen LogP) is 4.25. The van der Waals surface area contributed by atoms with Crippen LogP contribution < -0.4 is 19.7 Å². The van der Waals surface area contributed by atoms with Gasteiger partial charge in [-0.25, -0.2) is 9.69 Å². The largest absolute Gasteiger partial charge is 0.493 e. The summed E-state index contributed by atoms with van der Waals surface area (Å²) in [4.78, 5) is 38.8. The molecule has 0 bridgehead atoms. The van der Waals surface area contributed by atoms with Gasteiger partial charge >= 0.3 is 6.03 Å². The topological polar surface area (TPSA) is 84.9 Å². The molecular weight excluding hydrogens is 464 g/mol. The highest BCUT2D eigenvalue weighted by Crippen LogP contribution is 2.37. The number of benzene rings is 2. The van der Waals surface area contributed by atoms with Crippen molar-refractivity contribution in [1.29, 1.82) is 0 Å². The van der Waals surface area contributed by atoms with Crippen LogP contribution in [0.1, 0.15) is 18.1 Å². The molecule has 0 spiro atoms. The molecule has 7 nitrogen and oxygen atoms in total. The van der Waals surface area contributed by atoms with Crippen LogP contribution in [0.25, 0.3) is 6.08 Å². The molecule has 1 fully saturated rings. The third-order valence-corrected chi connectivity index (χ3v) is 5.20. The second kappa shape index (κ2) is 9.61. The fourth-order valence-electron chi connectivity index (χ4n) is 3.04. The number of carbonyl (C=O) groups is 3. The summed E-state index contributed by atoms with van der Waals surface area (Å²) in [7, 11) is 1.48. The summed E-state index contributed by atoms with van der Waals surface area (Å²) in [5, 5.41) is 2.22. The summed E-state index contributed by atoms with van der Waals surface area (Å²) in [6.45, 7) is 5.90. The number of nitrogens with one attached hydrogen (secondary N) is 1. The number of methoxy groups -OCH3 is 1. The van der Waals surface area contributed by atoms with Crippen LogP contribution in [0.15, 0.2) is 59.1 Å². The third kappa shape index (κ3) is 4.69. The number of aryl methyl sites for hydroxylation is 1. The van der Waals surface area contributed by atoms with Crippen molar-refractivity contribution in [2.75, 3.05) is 18.6 Å². The molecule has 0 aliphatic carbocycles. The Balaban J connectivity index is 1.99. The average molecular weight is 485 g/mol. The number of urea groups is 1. The van der Waals surface area contributed by atoms with Gasteiger partial charge in [0.15, 0.2) is 11.5 Å². The number of barbiturate groups is 1. The van der Waals surface area contributed by atoms with E-state index < -0.39 is 17.8 Å². The molecular formula is C23H21BrN2O5. The number of anilines is 1. The molecule has 1 aliphatic rings. The smallest absolute Gasteiger partial charge is 0.335 e. The quantitative estimate of drug-likeness (QED) is 0.360. The summed E-state index contributed by atoms with van der Waals surface area (Å²) >= 11 is 3.42. The van der Waals surface area contributed by atoms with E-state index in [2.05, 4.69) is 27.8 Å². The van der Waals surface area contributed by atoms with Crippen molar-refractivity contribution in [1.82, 2.24) is 5.32 Å². The van der Waals surface area contributed by atoms with Crippen LogP contribution in [0.4, 0.5) is 10.5 Å². The van der Waals surface area contributed by atoms with Crippen LogP contribution in [-0.2, 0) is 16.0 Å². The second-order valence-electron chi connectivity index (χ2n) is 6.61. The number of rotatable bonds is 7. The van der Waals surface area contributed by atoms with E-state index in [1.807, 2.05) is 19.1 Å². The fourth-order valence-corrected chi connectivity index (χ4v) is 3.62. The predicted molar refractivity (Wildman–Crippen MR) is 121 cm³/mol. The zero-order chi connectivity index (χ0) is 22.5. The molecule has 0 saturated carbocycles. The van der Waals surface area contributed by atoms with Crippen LogP contribution in [0.3, 0.4) is 0 Å². The molecule has 31 heavy (non-hydrogen) atoms. The number of hydrogen-bond donors (Lipinski definition) is 1. The van der Waals surface area contributed by atoms with Gasteiger partial charge in [-0.2, -0.15) is 0 Å². The van der Waals surface area contributed by atoms with Crippen molar-refractivity contribution < 1.29 is 23.9 Å². The van der Waals surface area contributed by atoms with Crippen LogP contribution in [0.2, 0.25) is 0 Å². The molecule has 160 valence electrons. The SMILES string of the molecule is C=CCOc1c(Br)cc(/C=C2/C(=O)NC(=O)N(c3ccc(CC)cc3)C2=O)cc1OC. The molecule has 1 saturated heterocycles. The standard InChI is InChI=1S/C23H21BrN2O5/c1-4-10-31-20-18(24)12-15(13-19(20)30-3)11-17-21(27)25-23(29)26(22(17)28)16-8-6-14(5-2)7-9-16/h4,6-9,11-13H,1,5,10H2,2-3H3,(H,25,27,29)/b17-11-. The Kier molecular flexibility index (Phi) is 6.91. The lowest BCUT2D eigenvalue weighted by atomic mass is 10.1. The van der Waals surface area contributed by atoms with E-state index in [0.29, 0.717) is 27.2 Å². The molecule has 0 atom stereocenters. The highest BCUT2D eigenvalue weighted by Gasteiger charge is 2.36. The molecule has 0 unspecified atom stereocenters. The Morgan fingerprint density at radius 3 is 2.48 bits per heavy atom. The van der Waals surface area contributed by atoms with E-state index in [4.69, 9.17) is 9.47 Å². The minimum atomic E-state index is -0.789. The summed E-state index contributed by atoms with van der Waals surface area (Å²) in [6.07, 6.45) is 3.83. The molecule has 4 amide bonds. The van der Waals surface area contributed by atoms with Gasteiger partial charge in [-0.1, -0.05) is 31.7 Å². The Morgan fingerprint density at radius 1 is 1.16 bits per heavy atom. The lowest BCUT2D eigenvalue weighted by Gasteiger charge is -2.26. The Bertz CT molecular complexity index is 1080. The van der Waals surface area contributed by atoms with Crippen molar-refractivity contribution in [3.63, 3.8) is 0 Å². The maximum Gasteiger partial charge on any atom is 0.335 e. The summed E-state index contributed by atoms with van der Waals surface area (Å²) in [6, 6.07) is 9.55. The first kappa shape index (κ1) is 22.3. The number of carbonyl (C=O) groups excluding carboxylic acids is 3. The highest BCUT2D eigenvalue weighted by atomic mass is 79.9. The van der Waals surface area contributed by atoms with E-state index in [0.717, 1.165) is 16.9 Å². The van der Waals surface area contributed by atoms with Crippen molar-refractivity contribution in [3.8, 4) is 11.5 Å². The number of imide groups is 2. The molecule has 8 heteroatoms. The molecule has 1 heterocycles. The lowest BCUT2D eigenvalue weighted by molar-refractivity contribution is -0.122. The highest BCUT2D eigenvalue weighted by molar-refractivity contribution is 9.10. The van der Waals surface area contributed by atoms with E-state index in [-0.39, 0.29) is 12.2 Å². The van der Waals surface area contributed by atoms with Crippen LogP contribution in [0.5, 0.6) is 11.5 Å². The molecule has 1 N–H and O–H groups in total. The summed E-state index contributed by atoms with van der Waals surface area (Å²) in [5.41, 5.74) is 1.79. The van der Waals surface area contributed by atoms with Crippen molar-refractivity contribution in [2.45, 2.75) is 13.3 Å². The van der Waals surface area contributed by atoms with Crippen LogP contribution >= 0.6 is 15.9 Å². The number of amides is 4. The molecule has 1 aliphatic heterocycles. The zero-order valence-corrected chi connectivity index (χ0v) is 18.7. The van der Waals surface area contributed by atoms with Crippen LogP contribution in [0, 0.1) is 0 Å². The van der Waals surface area contributed by atoms with Crippen molar-refractivity contribution >= 4 is 45.5 Å². The van der Waals surface area contributed by atoms with Gasteiger partial charge in [0.1, 0.15) is 12.2 Å². The van der Waals surface area contributed by atoms with Gasteiger partial charge in [-0.3, -0.25) is 14.9 Å². The van der Waals surface area contributed by atoms with E-state index in [1.165, 1.54) is 13.2 Å². The molecule has 2 aromatic rings. The van der Waals surface area contributed by atoms with Gasteiger partial charge in [-0.05, 0) is 63.8 Å². The van der Waals surface area contributed by atoms with E-state index >= 15 is 0 Å². The van der Waals surface area contributed by atoms with Gasteiger partial charge in [-0.15, -0.1) is 0 Å². The minimum absolute atomic E-state index is 0.173. The molecule has 0 aromatic heterocycles. The Labute approximate surface area is 188 Å². The first-order valence-corrected chi connectivity index (χ1v) is 10.3. The van der Waals surface area contributed by atoms with Gasteiger partial charge in [0.25, 0.3) is 11.8 Å². The summed E-state index contributed by atoms with van der Waals surface area (Å²) in [5.74, 6) is -0.592. The van der Waals surface area contributed by atoms with E-state index in [1.54, 1.807) is 30.3 Å². The maximum absolute atomic E-state index is 13.1. The summed E-state index contributed by atoms with van der Waals surface area (Å²) < 4.78 is 11.5. The Hall–Kier alpha value is -3.39. The minimum Gasteiger partial charge on any atom is -0.493 e. The number of halogens is 1. The first-order chi connectivity index (χ1) is 14.9. The number of nitrogens with zero attached hydrogens (tertiary/aromatic N) is 1.